The number of fused-ring (bicyclic) bond motifs is 2. The van der Waals surface area contributed by atoms with Crippen molar-refractivity contribution >= 4 is 63.5 Å². The van der Waals surface area contributed by atoms with Crippen LogP contribution in [0.1, 0.15) is 137 Å². The summed E-state index contributed by atoms with van der Waals surface area (Å²) in [4.78, 5) is 69.6. The van der Waals surface area contributed by atoms with Crippen molar-refractivity contribution in [1.29, 1.82) is 0 Å². The lowest BCUT2D eigenvalue weighted by Crippen LogP contribution is -2.65. The number of rotatable bonds is 12. The average molecular weight is 1050 g/mol. The maximum atomic E-state index is 13.6. The first-order chi connectivity index (χ1) is 32.5. The van der Waals surface area contributed by atoms with Crippen molar-refractivity contribution in [1.82, 2.24) is 19.1 Å². The van der Waals surface area contributed by atoms with E-state index in [1.165, 1.54) is 30.7 Å². The predicted molar refractivity (Wildman–Crippen MR) is 275 cm³/mol. The molecule has 70 heavy (non-hydrogen) atoms. The molecule has 4 saturated heterocycles. The molecule has 0 aromatic carbocycles. The third-order valence-corrected chi connectivity index (χ3v) is 34.4. The van der Waals surface area contributed by atoms with Crippen molar-refractivity contribution in [2.75, 3.05) is 23.8 Å². The van der Waals surface area contributed by atoms with Crippen molar-refractivity contribution in [3.05, 3.63) is 57.6 Å². The molecule has 4 aliphatic heterocycles. The highest BCUT2D eigenvalue weighted by Gasteiger charge is 2.63. The number of anilines is 2. The molecule has 2 aromatic rings. The van der Waals surface area contributed by atoms with Crippen molar-refractivity contribution in [3.8, 4) is 0 Å². The van der Waals surface area contributed by atoms with Crippen LogP contribution in [0.3, 0.4) is 0 Å². The van der Waals surface area contributed by atoms with Gasteiger partial charge in [0.1, 0.15) is 36.1 Å². The zero-order valence-electron chi connectivity index (χ0n) is 44.6. The molecule has 6 rings (SSSR count). The summed E-state index contributed by atoms with van der Waals surface area (Å²) in [5.41, 5.74) is 0.611. The number of carbonyl (C=O) groups is 3. The van der Waals surface area contributed by atoms with Gasteiger partial charge in [0, 0.05) is 31.8 Å². The quantitative estimate of drug-likeness (QED) is 0.151. The molecule has 2 amide bonds. The van der Waals surface area contributed by atoms with Crippen LogP contribution in [-0.2, 0) is 49.8 Å². The molecule has 0 bridgehead atoms. The van der Waals surface area contributed by atoms with E-state index in [0.717, 1.165) is 4.57 Å². The number of hydrogen-bond donors (Lipinski definition) is 2. The van der Waals surface area contributed by atoms with Gasteiger partial charge in [-0.25, -0.2) is 9.59 Å². The fraction of sp³-hybridized carbons (Fsp3) is 0.723. The summed E-state index contributed by atoms with van der Waals surface area (Å²) in [5.74, 6) is -0.707. The Hall–Kier alpha value is -3.34. The highest BCUT2D eigenvalue weighted by molar-refractivity contribution is 6.84. The molecule has 2 aromatic heterocycles. The minimum atomic E-state index is -2.99. The van der Waals surface area contributed by atoms with Crippen LogP contribution in [-0.4, -0.2) is 109 Å². The molecule has 4 fully saturated rings. The number of hydrogen-bond acceptors (Lipinski definition) is 15. The number of aromatic nitrogens is 4. The topological polar surface area (TPSA) is 219 Å². The number of ether oxygens (including phenoxy) is 2. The maximum Gasteiger partial charge on any atom is 0.352 e. The van der Waals surface area contributed by atoms with Gasteiger partial charge in [0.2, 0.25) is 23.8 Å². The summed E-state index contributed by atoms with van der Waals surface area (Å²) < 4.78 is 56.5. The number of nitrogens with zero attached hydrogens (tertiary/aromatic N) is 4. The summed E-state index contributed by atoms with van der Waals surface area (Å²) in [5, 5.41) is 5.00. The normalized spacial score (nSPS) is 26.2. The molecule has 2 N–H and O–H groups in total. The van der Waals surface area contributed by atoms with Gasteiger partial charge in [-0.15, -0.1) is 0 Å². The minimum Gasteiger partial charge on any atom is -0.414 e. The Morgan fingerprint density at radius 3 is 1.23 bits per heavy atom. The fourth-order valence-electron chi connectivity index (χ4n) is 10.2. The van der Waals surface area contributed by atoms with E-state index in [1.54, 1.807) is 12.3 Å². The van der Waals surface area contributed by atoms with Crippen LogP contribution < -0.4 is 22.0 Å². The molecule has 6 heterocycles. The van der Waals surface area contributed by atoms with Crippen LogP contribution in [0.2, 0.25) is 44.3 Å². The Labute approximate surface area is 418 Å². The van der Waals surface area contributed by atoms with Gasteiger partial charge in [-0.05, 0) is 56.5 Å². The van der Waals surface area contributed by atoms with Gasteiger partial charge in [-0.2, -0.15) is 9.97 Å². The SMILES string of the molecule is C=C1[C@H](n2ccc(NC(C)=O)nc2=O)O[C@@H]2CO[Si](C(C)C)(C(C)C)O[Si](C(C)C)(C(C)C)O[C@@H]12.CC(=O)Nc1ccn([C@@H]2O[C@@H]3CO[Si](C(C)C)(C(C)C)O[Si](C(C)C)(C(C)C)O[C@H]3C2=O)c(=O)n1. The van der Waals surface area contributed by atoms with E-state index in [4.69, 9.17) is 35.4 Å². The van der Waals surface area contributed by atoms with Gasteiger partial charge in [0.15, 0.2) is 6.23 Å². The molecule has 0 saturated carbocycles. The van der Waals surface area contributed by atoms with Crippen molar-refractivity contribution in [2.45, 2.75) is 206 Å². The molecule has 0 unspecified atom stereocenters. The fourth-order valence-corrected chi connectivity index (χ4v) is 32.6. The number of carbonyl (C=O) groups excluding carboxylic acids is 3. The van der Waals surface area contributed by atoms with Crippen LogP contribution in [0.5, 0.6) is 0 Å². The smallest absolute Gasteiger partial charge is 0.352 e. The summed E-state index contributed by atoms with van der Waals surface area (Å²) in [6, 6.07) is 3.02. The lowest BCUT2D eigenvalue weighted by molar-refractivity contribution is -0.130. The second-order valence-electron chi connectivity index (χ2n) is 21.4. The van der Waals surface area contributed by atoms with E-state index >= 15 is 0 Å². The van der Waals surface area contributed by atoms with Gasteiger partial charge in [-0.1, -0.05) is 117 Å². The molecule has 19 nitrogen and oxygen atoms in total. The van der Waals surface area contributed by atoms with Crippen molar-refractivity contribution < 1.29 is 49.8 Å². The number of nitrogens with one attached hydrogen (secondary N) is 2. The van der Waals surface area contributed by atoms with E-state index in [9.17, 15) is 24.0 Å². The highest BCUT2D eigenvalue weighted by atomic mass is 28.5. The standard InChI is InChI=1S/C24H41N3O6Si2.C23H39N3O7Si2/c1-14(2)34(15(3)4)30-13-20-22(32-35(33-34,16(5)6)17(7)8)18(9)23(31-20)27-12-11-21(25-19(10)28)26-24(27)29;1-13(2)34(14(3)4)30-12-18-21(32-35(33-34,15(5)6)16(7)8)20(28)22(31-18)26-11-10-19(24-17(9)27)25-23(26)29/h11-12,14-17,20,22-23H,9,13H2,1-8,10H3,(H,25,26,28,29);10-11,13-16,18,21-22H,12H2,1-9H3,(H,24,25,27,29)/t20-,22+,23-;18-,21-,22-/m11/s1. The Kier molecular flexibility index (Phi) is 18.4. The second kappa shape index (κ2) is 22.4. The summed E-state index contributed by atoms with van der Waals surface area (Å²) >= 11 is 0. The Bertz CT molecular complexity index is 2150. The largest absolute Gasteiger partial charge is 0.414 e. The molecule has 23 heteroatoms. The molecule has 0 aliphatic carbocycles. The molecule has 0 radical (unpaired) electrons. The first-order valence-electron chi connectivity index (χ1n) is 24.8. The summed E-state index contributed by atoms with van der Waals surface area (Å²) in [6.45, 7) is 41.5. The molecule has 6 atom stereocenters. The third-order valence-electron chi connectivity index (χ3n) is 13.9. The zero-order valence-corrected chi connectivity index (χ0v) is 48.6. The number of ketones is 1. The van der Waals surface area contributed by atoms with Gasteiger partial charge < -0.3 is 46.0 Å². The molecular formula is C47H80N6O13Si4. The van der Waals surface area contributed by atoms with Crippen LogP contribution in [0.4, 0.5) is 11.6 Å². The Morgan fingerprint density at radius 1 is 0.557 bits per heavy atom. The predicted octanol–water partition coefficient (Wildman–Crippen LogP) is 8.24. The average Bonchev–Trinajstić information content (AvgIpc) is 3.69. The Balaban J connectivity index is 0.000000261. The lowest BCUT2D eigenvalue weighted by atomic mass is 10.1. The van der Waals surface area contributed by atoms with Gasteiger partial charge >= 0.3 is 45.6 Å². The number of Topliss-reactive ketones (excluding diaryl/α,β-unsaturated/α-hetero) is 1. The van der Waals surface area contributed by atoms with Gasteiger partial charge in [0.05, 0.1) is 13.2 Å². The first kappa shape index (κ1) is 57.6. The van der Waals surface area contributed by atoms with Crippen LogP contribution in [0.15, 0.2) is 46.3 Å². The third kappa shape index (κ3) is 11.2. The van der Waals surface area contributed by atoms with Crippen LogP contribution in [0, 0.1) is 0 Å². The van der Waals surface area contributed by atoms with E-state index in [1.807, 2.05) is 0 Å². The van der Waals surface area contributed by atoms with E-state index in [0.29, 0.717) is 12.2 Å². The first-order valence-corrected chi connectivity index (χ1v) is 32.7. The minimum absolute atomic E-state index is 0.0578. The van der Waals surface area contributed by atoms with Crippen molar-refractivity contribution in [2.24, 2.45) is 0 Å². The van der Waals surface area contributed by atoms with E-state index in [-0.39, 0.29) is 80.2 Å². The van der Waals surface area contributed by atoms with E-state index in [2.05, 4.69) is 138 Å². The molecular weight excluding hydrogens is 969 g/mol. The highest BCUT2D eigenvalue weighted by Crippen LogP contribution is 2.50. The molecule has 392 valence electrons. The van der Waals surface area contributed by atoms with Crippen LogP contribution >= 0.6 is 0 Å². The molecule has 0 spiro atoms. The monoisotopic (exact) mass is 1050 g/mol. The van der Waals surface area contributed by atoms with E-state index < -0.39 is 82.5 Å². The Morgan fingerprint density at radius 2 is 0.886 bits per heavy atom. The summed E-state index contributed by atoms with van der Waals surface area (Å²) in [7, 11) is -11.3. The van der Waals surface area contributed by atoms with Gasteiger partial charge in [-0.3, -0.25) is 23.5 Å². The van der Waals surface area contributed by atoms with Crippen LogP contribution in [0.25, 0.3) is 0 Å². The number of amides is 2. The molecule has 4 aliphatic rings. The van der Waals surface area contributed by atoms with Gasteiger partial charge in [0.25, 0.3) is 0 Å². The maximum absolute atomic E-state index is 13.6. The second-order valence-corrected chi connectivity index (χ2v) is 39.1. The zero-order chi connectivity index (χ0) is 52.6. The lowest BCUT2D eigenvalue weighted by Gasteiger charge is -2.51. The van der Waals surface area contributed by atoms with Crippen molar-refractivity contribution in [3.63, 3.8) is 0 Å². The summed E-state index contributed by atoms with van der Waals surface area (Å²) in [6.07, 6.45) is -1.47.